The molecule has 30 heavy (non-hydrogen) atoms. The fourth-order valence-corrected chi connectivity index (χ4v) is 3.72. The number of aromatic nitrogens is 2. The van der Waals surface area contributed by atoms with Gasteiger partial charge in [0.2, 0.25) is 17.7 Å². The van der Waals surface area contributed by atoms with E-state index in [4.69, 9.17) is 4.42 Å². The van der Waals surface area contributed by atoms with Crippen molar-refractivity contribution in [3.63, 3.8) is 0 Å². The Morgan fingerprint density at radius 1 is 0.900 bits per heavy atom. The highest BCUT2D eigenvalue weighted by Crippen LogP contribution is 2.20. The molecule has 3 aromatic rings. The monoisotopic (exact) mass is 404 g/mol. The highest BCUT2D eigenvalue weighted by Gasteiger charge is 2.20. The highest BCUT2D eigenvalue weighted by molar-refractivity contribution is 5.76. The molecule has 0 atom stereocenters. The molecule has 0 unspecified atom stereocenters. The van der Waals surface area contributed by atoms with Crippen molar-refractivity contribution in [3.05, 3.63) is 65.5 Å². The molecule has 1 saturated heterocycles. The van der Waals surface area contributed by atoms with Crippen LogP contribution in [-0.4, -0.2) is 47.2 Å². The maximum Gasteiger partial charge on any atom is 0.247 e. The minimum atomic E-state index is 0.149. The second kappa shape index (κ2) is 9.11. The van der Waals surface area contributed by atoms with Crippen LogP contribution in [0.15, 0.2) is 52.9 Å². The molecule has 2 heterocycles. The molecule has 4 rings (SSSR count). The Balaban J connectivity index is 1.30. The van der Waals surface area contributed by atoms with Gasteiger partial charge in [-0.05, 0) is 44.5 Å². The van der Waals surface area contributed by atoms with Gasteiger partial charge in [0.1, 0.15) is 0 Å². The van der Waals surface area contributed by atoms with Gasteiger partial charge in [0, 0.05) is 50.3 Å². The van der Waals surface area contributed by atoms with Gasteiger partial charge in [-0.2, -0.15) is 0 Å². The van der Waals surface area contributed by atoms with Crippen molar-refractivity contribution in [1.29, 1.82) is 0 Å². The van der Waals surface area contributed by atoms with Crippen molar-refractivity contribution in [2.75, 3.05) is 31.1 Å². The third kappa shape index (κ3) is 4.87. The number of hydrogen-bond acceptors (Lipinski definition) is 5. The standard InChI is InChI=1S/C24H28N4O2/c1-18-4-8-20(9-5-18)24-26-25-22(30-24)12-13-23(29)28-15-3-14-27(16-17-28)21-10-6-19(2)7-11-21/h4-11H,3,12-17H2,1-2H3. The fourth-order valence-electron chi connectivity index (χ4n) is 3.72. The minimum absolute atomic E-state index is 0.149. The van der Waals surface area contributed by atoms with Crippen LogP contribution in [0.5, 0.6) is 0 Å². The van der Waals surface area contributed by atoms with Gasteiger partial charge in [-0.25, -0.2) is 0 Å². The fraction of sp³-hybridized carbons (Fsp3) is 0.375. The Bertz CT molecular complexity index is 979. The summed E-state index contributed by atoms with van der Waals surface area (Å²) in [5, 5.41) is 8.24. The molecule has 1 fully saturated rings. The number of anilines is 1. The van der Waals surface area contributed by atoms with Crippen molar-refractivity contribution in [3.8, 4) is 11.5 Å². The third-order valence-corrected chi connectivity index (χ3v) is 5.57. The third-order valence-electron chi connectivity index (χ3n) is 5.57. The van der Waals surface area contributed by atoms with Crippen molar-refractivity contribution < 1.29 is 9.21 Å². The van der Waals surface area contributed by atoms with E-state index in [2.05, 4.69) is 46.3 Å². The van der Waals surface area contributed by atoms with Gasteiger partial charge in [0.25, 0.3) is 0 Å². The predicted molar refractivity (Wildman–Crippen MR) is 117 cm³/mol. The molecule has 0 spiro atoms. The molecular formula is C24H28N4O2. The van der Waals surface area contributed by atoms with E-state index in [1.807, 2.05) is 36.1 Å². The number of hydrogen-bond donors (Lipinski definition) is 0. The van der Waals surface area contributed by atoms with Gasteiger partial charge < -0.3 is 14.2 Å². The number of carbonyl (C=O) groups is 1. The van der Waals surface area contributed by atoms with Crippen molar-refractivity contribution >= 4 is 11.6 Å². The molecule has 1 amide bonds. The minimum Gasteiger partial charge on any atom is -0.421 e. The summed E-state index contributed by atoms with van der Waals surface area (Å²) in [7, 11) is 0. The molecule has 1 aliphatic heterocycles. The summed E-state index contributed by atoms with van der Waals surface area (Å²) >= 11 is 0. The van der Waals surface area contributed by atoms with Gasteiger partial charge in [0.05, 0.1) is 0 Å². The first-order valence-electron chi connectivity index (χ1n) is 10.6. The summed E-state index contributed by atoms with van der Waals surface area (Å²) in [6, 6.07) is 16.6. The van der Waals surface area contributed by atoms with Crippen LogP contribution in [0.3, 0.4) is 0 Å². The first kappa shape index (κ1) is 20.1. The number of rotatable bonds is 5. The van der Waals surface area contributed by atoms with E-state index in [0.29, 0.717) is 24.6 Å². The molecule has 0 bridgehead atoms. The lowest BCUT2D eigenvalue weighted by atomic mass is 10.1. The molecule has 1 aliphatic rings. The molecule has 156 valence electrons. The average Bonchev–Trinajstić information content (AvgIpc) is 3.09. The van der Waals surface area contributed by atoms with Crippen LogP contribution in [0, 0.1) is 13.8 Å². The topological polar surface area (TPSA) is 62.5 Å². The first-order valence-corrected chi connectivity index (χ1v) is 10.6. The van der Waals surface area contributed by atoms with E-state index >= 15 is 0 Å². The normalized spacial score (nSPS) is 14.6. The van der Waals surface area contributed by atoms with Gasteiger partial charge in [-0.15, -0.1) is 10.2 Å². The first-order chi connectivity index (χ1) is 14.6. The summed E-state index contributed by atoms with van der Waals surface area (Å²) in [6.07, 6.45) is 1.83. The van der Waals surface area contributed by atoms with Crippen LogP contribution in [0.4, 0.5) is 5.69 Å². The summed E-state index contributed by atoms with van der Waals surface area (Å²) in [4.78, 5) is 17.1. The molecule has 0 N–H and O–H groups in total. The second-order valence-corrected chi connectivity index (χ2v) is 7.92. The quantitative estimate of drug-likeness (QED) is 0.643. The largest absolute Gasteiger partial charge is 0.421 e. The number of nitrogens with zero attached hydrogens (tertiary/aromatic N) is 4. The summed E-state index contributed by atoms with van der Waals surface area (Å²) in [5.74, 6) is 1.16. The zero-order valence-corrected chi connectivity index (χ0v) is 17.7. The lowest BCUT2D eigenvalue weighted by Gasteiger charge is -2.23. The van der Waals surface area contributed by atoms with Crippen LogP contribution < -0.4 is 4.90 Å². The Labute approximate surface area is 177 Å². The maximum atomic E-state index is 12.7. The van der Waals surface area contributed by atoms with Crippen LogP contribution in [-0.2, 0) is 11.2 Å². The Morgan fingerprint density at radius 2 is 1.60 bits per heavy atom. The molecule has 1 aromatic heterocycles. The maximum absolute atomic E-state index is 12.7. The number of benzene rings is 2. The van der Waals surface area contributed by atoms with Crippen LogP contribution >= 0.6 is 0 Å². The van der Waals surface area contributed by atoms with Crippen molar-refractivity contribution in [2.45, 2.75) is 33.1 Å². The lowest BCUT2D eigenvalue weighted by Crippen LogP contribution is -2.35. The number of aryl methyl sites for hydroxylation is 3. The van der Waals surface area contributed by atoms with E-state index in [-0.39, 0.29) is 5.91 Å². The SMILES string of the molecule is Cc1ccc(-c2nnc(CCC(=O)N3CCCN(c4ccc(C)cc4)CC3)o2)cc1. The predicted octanol–water partition coefficient (Wildman–Crippen LogP) is 4.02. The summed E-state index contributed by atoms with van der Waals surface area (Å²) in [5.41, 5.74) is 4.57. The lowest BCUT2D eigenvalue weighted by molar-refractivity contribution is -0.131. The van der Waals surface area contributed by atoms with Crippen LogP contribution in [0.2, 0.25) is 0 Å². The molecule has 0 saturated carbocycles. The molecule has 0 aliphatic carbocycles. The summed E-state index contributed by atoms with van der Waals surface area (Å²) < 4.78 is 5.76. The summed E-state index contributed by atoms with van der Waals surface area (Å²) in [6.45, 7) is 7.49. The van der Waals surface area contributed by atoms with Gasteiger partial charge in [-0.1, -0.05) is 35.4 Å². The molecule has 6 nitrogen and oxygen atoms in total. The van der Waals surface area contributed by atoms with Gasteiger partial charge in [0.15, 0.2) is 0 Å². The van der Waals surface area contributed by atoms with Crippen LogP contribution in [0.1, 0.15) is 29.9 Å². The Hall–Kier alpha value is -3.15. The van der Waals surface area contributed by atoms with Crippen molar-refractivity contribution in [1.82, 2.24) is 15.1 Å². The average molecular weight is 405 g/mol. The van der Waals surface area contributed by atoms with E-state index in [9.17, 15) is 4.79 Å². The molecule has 6 heteroatoms. The molecule has 2 aromatic carbocycles. The van der Waals surface area contributed by atoms with Crippen LogP contribution in [0.25, 0.3) is 11.5 Å². The number of amides is 1. The second-order valence-electron chi connectivity index (χ2n) is 7.92. The van der Waals surface area contributed by atoms with E-state index in [0.717, 1.165) is 38.2 Å². The number of carbonyl (C=O) groups excluding carboxylic acids is 1. The van der Waals surface area contributed by atoms with E-state index < -0.39 is 0 Å². The smallest absolute Gasteiger partial charge is 0.247 e. The van der Waals surface area contributed by atoms with Gasteiger partial charge >= 0.3 is 0 Å². The molecular weight excluding hydrogens is 376 g/mol. The Kier molecular flexibility index (Phi) is 6.12. The zero-order valence-electron chi connectivity index (χ0n) is 17.7. The van der Waals surface area contributed by atoms with Gasteiger partial charge in [-0.3, -0.25) is 4.79 Å². The Morgan fingerprint density at radius 3 is 2.33 bits per heavy atom. The zero-order chi connectivity index (χ0) is 20.9. The van der Waals surface area contributed by atoms with Crippen molar-refractivity contribution in [2.24, 2.45) is 0 Å². The van der Waals surface area contributed by atoms with E-state index in [1.54, 1.807) is 0 Å². The highest BCUT2D eigenvalue weighted by atomic mass is 16.4. The molecule has 0 radical (unpaired) electrons. The van der Waals surface area contributed by atoms with E-state index in [1.165, 1.54) is 16.8 Å².